The zero-order chi connectivity index (χ0) is 14.2. The smallest absolute Gasteiger partial charge is 0.237 e. The highest BCUT2D eigenvalue weighted by Crippen LogP contribution is 2.45. The van der Waals surface area contributed by atoms with Crippen molar-refractivity contribution in [3.8, 4) is 0 Å². The van der Waals surface area contributed by atoms with E-state index in [4.69, 9.17) is 10.9 Å². The van der Waals surface area contributed by atoms with Crippen molar-refractivity contribution in [3.05, 3.63) is 22.4 Å². The largest absolute Gasteiger partial charge is 0.409 e. The molecule has 1 amide bonds. The molecule has 3 rings (SSSR count). The zero-order valence-electron chi connectivity index (χ0n) is 11.3. The number of carbonyl (C=O) groups is 1. The number of hydrogen-bond donors (Lipinski definition) is 2. The molecule has 108 valence electrons. The van der Waals surface area contributed by atoms with Crippen molar-refractivity contribution in [2.24, 2.45) is 16.3 Å². The lowest BCUT2D eigenvalue weighted by Gasteiger charge is -2.42. The van der Waals surface area contributed by atoms with E-state index in [-0.39, 0.29) is 11.7 Å². The van der Waals surface area contributed by atoms with Crippen LogP contribution in [0.2, 0.25) is 0 Å². The molecule has 1 aromatic heterocycles. The number of thiophene rings is 1. The third kappa shape index (κ3) is 2.18. The minimum Gasteiger partial charge on any atom is -0.409 e. The molecule has 0 radical (unpaired) electrons. The van der Waals surface area contributed by atoms with Crippen molar-refractivity contribution in [1.82, 2.24) is 4.90 Å². The number of rotatable bonds is 5. The van der Waals surface area contributed by atoms with Crippen molar-refractivity contribution < 1.29 is 10.0 Å². The standard InChI is InChI=1S/C14H19N3O2S/c15-12(16-19)14(5-1-6-14)13(18)17(11-2-3-11)8-10-4-7-20-9-10/h4,7,9,11,19H,1-3,5-6,8H2,(H2,15,16). The van der Waals surface area contributed by atoms with Crippen LogP contribution in [0.5, 0.6) is 0 Å². The Morgan fingerprint density at radius 3 is 2.75 bits per heavy atom. The molecule has 2 aliphatic rings. The molecule has 2 aliphatic carbocycles. The van der Waals surface area contributed by atoms with Crippen molar-refractivity contribution in [2.45, 2.75) is 44.7 Å². The molecule has 5 nitrogen and oxygen atoms in total. The van der Waals surface area contributed by atoms with Gasteiger partial charge in [-0.05, 0) is 48.1 Å². The van der Waals surface area contributed by atoms with Gasteiger partial charge in [0.05, 0.1) is 0 Å². The second-order valence-electron chi connectivity index (χ2n) is 5.72. The predicted molar refractivity (Wildman–Crippen MR) is 77.6 cm³/mol. The molecule has 1 aromatic rings. The summed E-state index contributed by atoms with van der Waals surface area (Å²) in [6.07, 6.45) is 4.45. The Hall–Kier alpha value is -1.56. The van der Waals surface area contributed by atoms with Gasteiger partial charge in [0.15, 0.2) is 5.84 Å². The van der Waals surface area contributed by atoms with Gasteiger partial charge in [0.2, 0.25) is 5.91 Å². The summed E-state index contributed by atoms with van der Waals surface area (Å²) < 4.78 is 0. The van der Waals surface area contributed by atoms with Crippen molar-refractivity contribution in [3.63, 3.8) is 0 Å². The van der Waals surface area contributed by atoms with Gasteiger partial charge in [-0.1, -0.05) is 11.6 Å². The number of carbonyl (C=O) groups excluding carboxylic acids is 1. The van der Waals surface area contributed by atoms with Gasteiger partial charge in [-0.3, -0.25) is 4.79 Å². The highest BCUT2D eigenvalue weighted by molar-refractivity contribution is 7.07. The Morgan fingerprint density at radius 2 is 2.30 bits per heavy atom. The minimum atomic E-state index is -0.757. The average molecular weight is 293 g/mol. The fourth-order valence-electron chi connectivity index (χ4n) is 2.81. The lowest BCUT2D eigenvalue weighted by Crippen LogP contribution is -2.55. The van der Waals surface area contributed by atoms with Gasteiger partial charge < -0.3 is 15.8 Å². The van der Waals surface area contributed by atoms with Crippen LogP contribution < -0.4 is 5.73 Å². The van der Waals surface area contributed by atoms with Crippen LogP contribution in [0.1, 0.15) is 37.7 Å². The number of hydrogen-bond acceptors (Lipinski definition) is 4. The Balaban J connectivity index is 1.82. The van der Waals surface area contributed by atoms with Crippen LogP contribution >= 0.6 is 11.3 Å². The summed E-state index contributed by atoms with van der Waals surface area (Å²) in [5.74, 6) is 0.109. The Kier molecular flexibility index (Phi) is 3.41. The minimum absolute atomic E-state index is 0.0350. The van der Waals surface area contributed by atoms with E-state index < -0.39 is 5.41 Å². The zero-order valence-corrected chi connectivity index (χ0v) is 12.1. The van der Waals surface area contributed by atoms with E-state index >= 15 is 0 Å². The maximum absolute atomic E-state index is 12.9. The average Bonchev–Trinajstić information content (AvgIpc) is 3.11. The summed E-state index contributed by atoms with van der Waals surface area (Å²) in [6, 6.07) is 2.37. The van der Waals surface area contributed by atoms with E-state index in [1.807, 2.05) is 16.3 Å². The number of nitrogens with zero attached hydrogens (tertiary/aromatic N) is 2. The predicted octanol–water partition coefficient (Wildman–Crippen LogP) is 2.16. The third-order valence-electron chi connectivity index (χ3n) is 4.40. The van der Waals surface area contributed by atoms with E-state index in [2.05, 4.69) is 10.5 Å². The molecule has 0 atom stereocenters. The van der Waals surface area contributed by atoms with Crippen molar-refractivity contribution >= 4 is 23.1 Å². The molecule has 0 saturated heterocycles. The first kappa shape index (κ1) is 13.4. The molecule has 2 fully saturated rings. The van der Waals surface area contributed by atoms with Crippen molar-refractivity contribution in [1.29, 1.82) is 0 Å². The van der Waals surface area contributed by atoms with Crippen LogP contribution in [0.15, 0.2) is 22.0 Å². The lowest BCUT2D eigenvalue weighted by molar-refractivity contribution is -0.143. The first-order valence-corrected chi connectivity index (χ1v) is 7.92. The molecule has 0 bridgehead atoms. The van der Waals surface area contributed by atoms with Crippen molar-refractivity contribution in [2.75, 3.05) is 0 Å². The Labute approximate surface area is 122 Å². The van der Waals surface area contributed by atoms with E-state index in [1.165, 1.54) is 0 Å². The van der Waals surface area contributed by atoms with Gasteiger partial charge in [0, 0.05) is 12.6 Å². The molecular weight excluding hydrogens is 274 g/mol. The van der Waals surface area contributed by atoms with E-state index in [0.717, 1.165) is 24.8 Å². The van der Waals surface area contributed by atoms with Gasteiger partial charge in [-0.25, -0.2) is 0 Å². The van der Waals surface area contributed by atoms with Gasteiger partial charge >= 0.3 is 0 Å². The molecule has 3 N–H and O–H groups in total. The molecule has 20 heavy (non-hydrogen) atoms. The maximum atomic E-state index is 12.9. The van der Waals surface area contributed by atoms with Crippen LogP contribution in [0, 0.1) is 5.41 Å². The first-order chi connectivity index (χ1) is 9.67. The van der Waals surface area contributed by atoms with Gasteiger partial charge in [-0.2, -0.15) is 11.3 Å². The Bertz CT molecular complexity index is 519. The highest BCUT2D eigenvalue weighted by atomic mass is 32.1. The second-order valence-corrected chi connectivity index (χ2v) is 6.50. The van der Waals surface area contributed by atoms with E-state index in [0.29, 0.717) is 25.4 Å². The summed E-state index contributed by atoms with van der Waals surface area (Å²) in [5, 5.41) is 16.2. The monoisotopic (exact) mass is 293 g/mol. The van der Waals surface area contributed by atoms with Crippen LogP contribution in [0.3, 0.4) is 0 Å². The molecule has 0 aromatic carbocycles. The molecule has 2 saturated carbocycles. The fourth-order valence-corrected chi connectivity index (χ4v) is 3.47. The lowest BCUT2D eigenvalue weighted by atomic mass is 9.66. The summed E-state index contributed by atoms with van der Waals surface area (Å²) >= 11 is 1.64. The molecule has 1 heterocycles. The van der Waals surface area contributed by atoms with Crippen LogP contribution in [0.25, 0.3) is 0 Å². The van der Waals surface area contributed by atoms with E-state index in [9.17, 15) is 4.79 Å². The fraction of sp³-hybridized carbons (Fsp3) is 0.571. The van der Waals surface area contributed by atoms with Gasteiger partial charge in [0.25, 0.3) is 0 Å². The molecule has 0 unspecified atom stereocenters. The molecular formula is C14H19N3O2S. The molecule has 0 aliphatic heterocycles. The second kappa shape index (κ2) is 5.09. The molecule has 0 spiro atoms. The van der Waals surface area contributed by atoms with Crippen LogP contribution in [-0.4, -0.2) is 27.9 Å². The maximum Gasteiger partial charge on any atom is 0.237 e. The summed E-state index contributed by atoms with van der Waals surface area (Å²) in [7, 11) is 0. The van der Waals surface area contributed by atoms with E-state index in [1.54, 1.807) is 11.3 Å². The topological polar surface area (TPSA) is 78.9 Å². The SMILES string of the molecule is N/C(=N/O)C1(C(=O)N(Cc2ccsc2)C2CC2)CCC1. The summed E-state index contributed by atoms with van der Waals surface area (Å²) in [5.41, 5.74) is 6.20. The normalized spacial score (nSPS) is 21.3. The number of oxime groups is 1. The Morgan fingerprint density at radius 1 is 1.55 bits per heavy atom. The highest BCUT2D eigenvalue weighted by Gasteiger charge is 2.52. The first-order valence-electron chi connectivity index (χ1n) is 6.97. The van der Waals surface area contributed by atoms with Gasteiger partial charge in [-0.15, -0.1) is 0 Å². The summed E-state index contributed by atoms with van der Waals surface area (Å²) in [6.45, 7) is 0.632. The van der Waals surface area contributed by atoms with Gasteiger partial charge in [0.1, 0.15) is 5.41 Å². The summed E-state index contributed by atoms with van der Waals surface area (Å²) in [4.78, 5) is 14.8. The van der Waals surface area contributed by atoms with Crippen LogP contribution in [-0.2, 0) is 11.3 Å². The molecule has 6 heteroatoms. The van der Waals surface area contributed by atoms with Crippen LogP contribution in [0.4, 0.5) is 0 Å². The number of nitrogens with two attached hydrogens (primary N) is 1. The third-order valence-corrected chi connectivity index (χ3v) is 5.13. The number of amides is 1. The quantitative estimate of drug-likeness (QED) is 0.378. The number of amidine groups is 1.